The first-order valence-corrected chi connectivity index (χ1v) is 9.55. The number of hydrogen-bond acceptors (Lipinski definition) is 0. The van der Waals surface area contributed by atoms with E-state index in [-0.39, 0.29) is 5.82 Å². The Bertz CT molecular complexity index is 650. The molecule has 104 valence electrons. The maximum absolute atomic E-state index is 14.5. The van der Waals surface area contributed by atoms with E-state index in [1.807, 2.05) is 12.1 Å². The number of halogens is 1. The van der Waals surface area contributed by atoms with Crippen molar-refractivity contribution in [1.29, 1.82) is 0 Å². The van der Waals surface area contributed by atoms with Gasteiger partial charge in [0.1, 0.15) is 13.9 Å². The zero-order valence-corrected chi connectivity index (χ0v) is 13.6. The predicted octanol–water partition coefficient (Wildman–Crippen LogP) is 4.19. The zero-order chi connectivity index (χ0) is 14.5. The fraction of sp³-hybridized carbons (Fsp3) is 0.333. The number of benzene rings is 2. The van der Waals surface area contributed by atoms with Crippen LogP contribution in [-0.4, -0.2) is 8.07 Å². The van der Waals surface area contributed by atoms with Crippen LogP contribution in [0.1, 0.15) is 27.7 Å². The van der Waals surface area contributed by atoms with Crippen LogP contribution in [0.4, 0.5) is 4.39 Å². The van der Waals surface area contributed by atoms with Crippen molar-refractivity contribution in [3.05, 3.63) is 48.3 Å². The summed E-state index contributed by atoms with van der Waals surface area (Å²) in [6, 6.07) is 14.1. The van der Waals surface area contributed by atoms with Gasteiger partial charge in [0.2, 0.25) is 0 Å². The molecule has 0 nitrogen and oxygen atoms in total. The summed E-state index contributed by atoms with van der Waals surface area (Å²) >= 11 is 0. The minimum atomic E-state index is -1.90. The average molecular weight is 284 g/mol. The normalized spacial score (nSPS) is 15.6. The van der Waals surface area contributed by atoms with Crippen molar-refractivity contribution in [1.82, 2.24) is 0 Å². The predicted molar refractivity (Wildman–Crippen MR) is 87.1 cm³/mol. The Morgan fingerprint density at radius 2 is 1.40 bits per heavy atom. The van der Waals surface area contributed by atoms with E-state index in [1.54, 1.807) is 6.07 Å². The molecular formula is C18H21FSi. The van der Waals surface area contributed by atoms with Gasteiger partial charge in [-0.25, -0.2) is 4.39 Å². The fourth-order valence-electron chi connectivity index (χ4n) is 4.26. The molecule has 1 heterocycles. The number of hydrogen-bond donors (Lipinski definition) is 0. The van der Waals surface area contributed by atoms with Gasteiger partial charge in [-0.3, -0.25) is 0 Å². The molecule has 1 aliphatic heterocycles. The summed E-state index contributed by atoms with van der Waals surface area (Å²) in [6.07, 6.45) is 0. The molecule has 0 fully saturated rings. The summed E-state index contributed by atoms with van der Waals surface area (Å²) in [5, 5.41) is 2.72. The molecule has 0 saturated heterocycles. The van der Waals surface area contributed by atoms with Gasteiger partial charge in [-0.2, -0.15) is 0 Å². The van der Waals surface area contributed by atoms with E-state index in [4.69, 9.17) is 0 Å². The van der Waals surface area contributed by atoms with Crippen molar-refractivity contribution in [3.8, 4) is 11.1 Å². The Balaban J connectivity index is 2.47. The zero-order valence-electron chi connectivity index (χ0n) is 12.6. The second-order valence-corrected chi connectivity index (χ2v) is 11.5. The molecule has 0 N–H and O–H groups in total. The minimum Gasteiger partial charge on any atom is -0.206 e. The van der Waals surface area contributed by atoms with Crippen molar-refractivity contribution in [2.24, 2.45) is 0 Å². The molecule has 0 atom stereocenters. The van der Waals surface area contributed by atoms with E-state index in [0.717, 1.165) is 11.1 Å². The number of fused-ring (bicyclic) bond motifs is 3. The van der Waals surface area contributed by atoms with Crippen LogP contribution in [0.15, 0.2) is 42.5 Å². The summed E-state index contributed by atoms with van der Waals surface area (Å²) in [6.45, 7) is 9.23. The standard InChI is InChI=1S/C18H21FSi/c1-12(2)20(13(3)4)16-10-6-5-8-14(16)18-15(19)9-7-11-17(18)20/h5-13H,1-4H3. The quantitative estimate of drug-likeness (QED) is 0.725. The van der Waals surface area contributed by atoms with Crippen molar-refractivity contribution in [2.75, 3.05) is 0 Å². The van der Waals surface area contributed by atoms with Gasteiger partial charge in [-0.05, 0) is 33.1 Å². The topological polar surface area (TPSA) is 0 Å². The van der Waals surface area contributed by atoms with Gasteiger partial charge < -0.3 is 0 Å². The highest BCUT2D eigenvalue weighted by molar-refractivity contribution is 7.07. The lowest BCUT2D eigenvalue weighted by atomic mass is 10.1. The Kier molecular flexibility index (Phi) is 3.09. The maximum atomic E-state index is 14.5. The molecule has 0 aromatic heterocycles. The summed E-state index contributed by atoms with van der Waals surface area (Å²) in [5.41, 5.74) is 3.13. The molecular weight excluding hydrogens is 263 g/mol. The van der Waals surface area contributed by atoms with Gasteiger partial charge in [0.25, 0.3) is 0 Å². The summed E-state index contributed by atoms with van der Waals surface area (Å²) < 4.78 is 14.5. The highest BCUT2D eigenvalue weighted by atomic mass is 28.3. The number of rotatable bonds is 2. The van der Waals surface area contributed by atoms with Crippen molar-refractivity contribution < 1.29 is 4.39 Å². The second kappa shape index (κ2) is 4.56. The molecule has 2 aromatic carbocycles. The van der Waals surface area contributed by atoms with Crippen LogP contribution in [0.3, 0.4) is 0 Å². The molecule has 0 bridgehead atoms. The lowest BCUT2D eigenvalue weighted by Crippen LogP contribution is -2.60. The second-order valence-electron chi connectivity index (χ2n) is 6.39. The Labute approximate surface area is 121 Å². The molecule has 1 aliphatic rings. The van der Waals surface area contributed by atoms with E-state index in [2.05, 4.69) is 52.0 Å². The Hall–Kier alpha value is -1.41. The summed E-state index contributed by atoms with van der Waals surface area (Å²) in [4.78, 5) is 0. The average Bonchev–Trinajstić information content (AvgIpc) is 2.71. The summed E-state index contributed by atoms with van der Waals surface area (Å²) in [5.74, 6) is -0.0642. The van der Waals surface area contributed by atoms with Crippen LogP contribution in [0.5, 0.6) is 0 Å². The van der Waals surface area contributed by atoms with Crippen LogP contribution in [0.25, 0.3) is 11.1 Å². The van der Waals surface area contributed by atoms with Gasteiger partial charge in [-0.1, -0.05) is 64.1 Å². The third-order valence-electron chi connectivity index (χ3n) is 4.92. The highest BCUT2D eigenvalue weighted by Crippen LogP contribution is 2.41. The van der Waals surface area contributed by atoms with Crippen molar-refractivity contribution >= 4 is 18.4 Å². The van der Waals surface area contributed by atoms with E-state index >= 15 is 0 Å². The third-order valence-corrected chi connectivity index (χ3v) is 11.2. The SMILES string of the molecule is CC(C)[Si]1(C(C)C)c2ccccc2-c2c(F)cccc21. The van der Waals surface area contributed by atoms with Crippen LogP contribution in [0.2, 0.25) is 11.1 Å². The molecule has 2 heteroatoms. The van der Waals surface area contributed by atoms with Gasteiger partial charge in [-0.15, -0.1) is 0 Å². The van der Waals surface area contributed by atoms with Gasteiger partial charge in [0, 0.05) is 5.56 Å². The molecule has 0 amide bonds. The monoisotopic (exact) mass is 284 g/mol. The van der Waals surface area contributed by atoms with Gasteiger partial charge in [0.05, 0.1) is 0 Å². The molecule has 0 unspecified atom stereocenters. The molecule has 0 saturated carbocycles. The molecule has 0 spiro atoms. The molecule has 0 aliphatic carbocycles. The Morgan fingerprint density at radius 1 is 0.800 bits per heavy atom. The fourth-order valence-corrected chi connectivity index (χ4v) is 10.4. The van der Waals surface area contributed by atoms with Crippen LogP contribution in [-0.2, 0) is 0 Å². The summed E-state index contributed by atoms with van der Waals surface area (Å²) in [7, 11) is -1.90. The first-order chi connectivity index (χ1) is 9.51. The Morgan fingerprint density at radius 3 is 2.05 bits per heavy atom. The van der Waals surface area contributed by atoms with E-state index < -0.39 is 8.07 Å². The van der Waals surface area contributed by atoms with Crippen LogP contribution < -0.4 is 10.4 Å². The van der Waals surface area contributed by atoms with Crippen molar-refractivity contribution in [2.45, 2.75) is 38.8 Å². The smallest absolute Gasteiger partial charge is 0.130 e. The van der Waals surface area contributed by atoms with Gasteiger partial charge in [0.15, 0.2) is 0 Å². The van der Waals surface area contributed by atoms with E-state index in [1.165, 1.54) is 10.4 Å². The lowest BCUT2D eigenvalue weighted by Gasteiger charge is -2.37. The van der Waals surface area contributed by atoms with E-state index in [9.17, 15) is 4.39 Å². The molecule has 20 heavy (non-hydrogen) atoms. The molecule has 0 radical (unpaired) electrons. The van der Waals surface area contributed by atoms with E-state index in [0.29, 0.717) is 11.1 Å². The van der Waals surface area contributed by atoms with Gasteiger partial charge >= 0.3 is 0 Å². The lowest BCUT2D eigenvalue weighted by molar-refractivity contribution is 0.632. The molecule has 3 rings (SSSR count). The van der Waals surface area contributed by atoms with Crippen LogP contribution >= 0.6 is 0 Å². The highest BCUT2D eigenvalue weighted by Gasteiger charge is 2.50. The molecule has 2 aromatic rings. The largest absolute Gasteiger partial charge is 0.206 e. The van der Waals surface area contributed by atoms with Crippen LogP contribution in [0, 0.1) is 5.82 Å². The van der Waals surface area contributed by atoms with Crippen molar-refractivity contribution in [3.63, 3.8) is 0 Å². The first-order valence-electron chi connectivity index (χ1n) is 7.40. The minimum absolute atomic E-state index is 0.0642. The maximum Gasteiger partial charge on any atom is 0.130 e. The third kappa shape index (κ3) is 1.51. The first kappa shape index (κ1) is 13.6.